The largest absolute Gasteiger partial charge is 0.457 e. The predicted molar refractivity (Wildman–Crippen MR) is 103 cm³/mol. The van der Waals surface area contributed by atoms with Gasteiger partial charge in [-0.25, -0.2) is 8.42 Å². The SMILES string of the molecule is N#C/C(=C\c1ccc(-c2cc(Cl)ccc2Cl)o1)C(=O)N[C@@H]1CCS(=O)(=O)C1. The molecule has 3 rings (SSSR count). The standard InChI is InChI=1S/C18H14Cl2N2O4S/c19-12-1-3-16(20)15(8-12)17-4-2-14(26-17)7-11(9-21)18(23)22-13-5-6-27(24,25)10-13/h1-4,7-8,13H,5-6,10H2,(H,22,23)/b11-7+/t13-/m1/s1. The van der Waals surface area contributed by atoms with Crippen molar-refractivity contribution in [3.8, 4) is 17.4 Å². The lowest BCUT2D eigenvalue weighted by Crippen LogP contribution is -2.36. The first-order valence-corrected chi connectivity index (χ1v) is 10.5. The maximum atomic E-state index is 12.2. The second-order valence-electron chi connectivity index (χ2n) is 6.07. The molecule has 1 saturated heterocycles. The summed E-state index contributed by atoms with van der Waals surface area (Å²) in [6.07, 6.45) is 1.63. The van der Waals surface area contributed by atoms with E-state index in [2.05, 4.69) is 5.32 Å². The molecule has 0 aliphatic carbocycles. The lowest BCUT2D eigenvalue weighted by Gasteiger charge is -2.09. The van der Waals surface area contributed by atoms with Crippen LogP contribution in [0.3, 0.4) is 0 Å². The summed E-state index contributed by atoms with van der Waals surface area (Å²) in [6, 6.07) is 9.50. The van der Waals surface area contributed by atoms with Crippen molar-refractivity contribution in [3.63, 3.8) is 0 Å². The minimum atomic E-state index is -3.13. The highest BCUT2D eigenvalue weighted by Gasteiger charge is 2.29. The molecule has 9 heteroatoms. The number of amides is 1. The van der Waals surface area contributed by atoms with Crippen LogP contribution in [0.15, 0.2) is 40.3 Å². The van der Waals surface area contributed by atoms with Crippen molar-refractivity contribution in [1.82, 2.24) is 5.32 Å². The fourth-order valence-corrected chi connectivity index (χ4v) is 4.78. The van der Waals surface area contributed by atoms with Gasteiger partial charge in [0.25, 0.3) is 5.91 Å². The maximum Gasteiger partial charge on any atom is 0.262 e. The molecule has 140 valence electrons. The third kappa shape index (κ3) is 4.72. The van der Waals surface area contributed by atoms with E-state index in [1.165, 1.54) is 6.08 Å². The second-order valence-corrected chi connectivity index (χ2v) is 9.14. The predicted octanol–water partition coefficient (Wildman–Crippen LogP) is 3.46. The Morgan fingerprint density at radius 2 is 2.07 bits per heavy atom. The maximum absolute atomic E-state index is 12.2. The quantitative estimate of drug-likeness (QED) is 0.597. The molecular weight excluding hydrogens is 411 g/mol. The fourth-order valence-electron chi connectivity index (χ4n) is 2.72. The van der Waals surface area contributed by atoms with E-state index < -0.39 is 21.8 Å². The van der Waals surface area contributed by atoms with Gasteiger partial charge in [0, 0.05) is 22.7 Å². The Balaban J connectivity index is 1.78. The van der Waals surface area contributed by atoms with Crippen LogP contribution in [0.1, 0.15) is 12.2 Å². The monoisotopic (exact) mass is 424 g/mol. The Bertz CT molecular complexity index is 1070. The van der Waals surface area contributed by atoms with Gasteiger partial charge in [0.15, 0.2) is 9.84 Å². The van der Waals surface area contributed by atoms with Crippen LogP contribution < -0.4 is 5.32 Å². The molecule has 0 unspecified atom stereocenters. The lowest BCUT2D eigenvalue weighted by atomic mass is 10.2. The Kier molecular flexibility index (Phi) is 5.61. The van der Waals surface area contributed by atoms with Crippen LogP contribution in [0, 0.1) is 11.3 Å². The number of halogens is 2. The summed E-state index contributed by atoms with van der Waals surface area (Å²) in [5.41, 5.74) is 0.403. The van der Waals surface area contributed by atoms with Crippen molar-refractivity contribution in [1.29, 1.82) is 5.26 Å². The number of benzene rings is 1. The molecule has 6 nitrogen and oxygen atoms in total. The van der Waals surface area contributed by atoms with Gasteiger partial charge < -0.3 is 9.73 Å². The van der Waals surface area contributed by atoms with Gasteiger partial charge in [-0.3, -0.25) is 4.79 Å². The van der Waals surface area contributed by atoms with E-state index in [0.717, 1.165) is 0 Å². The highest BCUT2D eigenvalue weighted by atomic mass is 35.5. The zero-order valence-electron chi connectivity index (χ0n) is 13.9. The first-order valence-electron chi connectivity index (χ1n) is 7.96. The van der Waals surface area contributed by atoms with Gasteiger partial charge in [0.2, 0.25) is 0 Å². The molecule has 2 heterocycles. The van der Waals surface area contributed by atoms with Gasteiger partial charge in [-0.2, -0.15) is 5.26 Å². The Morgan fingerprint density at radius 3 is 2.74 bits per heavy atom. The molecule has 1 aliphatic rings. The first kappa shape index (κ1) is 19.5. The molecule has 1 aliphatic heterocycles. The van der Waals surface area contributed by atoms with Crippen LogP contribution in [-0.4, -0.2) is 31.9 Å². The van der Waals surface area contributed by atoms with Crippen molar-refractivity contribution in [2.75, 3.05) is 11.5 Å². The summed E-state index contributed by atoms with van der Waals surface area (Å²) in [6.45, 7) is 0. The molecule has 0 radical (unpaired) electrons. The van der Waals surface area contributed by atoms with E-state index in [4.69, 9.17) is 27.6 Å². The van der Waals surface area contributed by atoms with E-state index in [1.807, 2.05) is 0 Å². The van der Waals surface area contributed by atoms with Crippen LogP contribution in [0.2, 0.25) is 10.0 Å². The number of sulfone groups is 1. The van der Waals surface area contributed by atoms with Crippen molar-refractivity contribution in [2.45, 2.75) is 12.5 Å². The summed E-state index contributed by atoms with van der Waals surface area (Å²) in [5, 5.41) is 12.8. The molecule has 0 bridgehead atoms. The number of furan rings is 1. The Morgan fingerprint density at radius 1 is 1.30 bits per heavy atom. The number of nitriles is 1. The molecular formula is C18H14Cl2N2O4S. The first-order chi connectivity index (χ1) is 12.8. The molecule has 1 aromatic carbocycles. The van der Waals surface area contributed by atoms with E-state index in [-0.39, 0.29) is 22.8 Å². The van der Waals surface area contributed by atoms with E-state index >= 15 is 0 Å². The molecule has 1 aromatic heterocycles. The van der Waals surface area contributed by atoms with Crippen LogP contribution in [-0.2, 0) is 14.6 Å². The molecule has 1 N–H and O–H groups in total. The average Bonchev–Trinajstić information content (AvgIpc) is 3.20. The van der Waals surface area contributed by atoms with Gasteiger partial charge >= 0.3 is 0 Å². The minimum absolute atomic E-state index is 0.0332. The third-order valence-corrected chi connectivity index (χ3v) is 6.37. The van der Waals surface area contributed by atoms with Crippen molar-refractivity contribution in [3.05, 3.63) is 51.7 Å². The summed E-state index contributed by atoms with van der Waals surface area (Å²) in [5.74, 6) is -0.000336. The Hall–Kier alpha value is -2.27. The normalized spacial score (nSPS) is 18.9. The van der Waals surface area contributed by atoms with E-state index in [0.29, 0.717) is 27.8 Å². The number of hydrogen-bond acceptors (Lipinski definition) is 5. The van der Waals surface area contributed by atoms with E-state index in [1.54, 1.807) is 36.4 Å². The third-order valence-electron chi connectivity index (χ3n) is 4.04. The van der Waals surface area contributed by atoms with Crippen LogP contribution >= 0.6 is 23.2 Å². The summed E-state index contributed by atoms with van der Waals surface area (Å²) >= 11 is 12.1. The zero-order chi connectivity index (χ0) is 19.6. The van der Waals surface area contributed by atoms with Crippen LogP contribution in [0.25, 0.3) is 17.4 Å². The van der Waals surface area contributed by atoms with Crippen molar-refractivity contribution in [2.24, 2.45) is 0 Å². The number of carbonyl (C=O) groups is 1. The van der Waals surface area contributed by atoms with Crippen LogP contribution in [0.4, 0.5) is 0 Å². The highest BCUT2D eigenvalue weighted by Crippen LogP contribution is 2.32. The summed E-state index contributed by atoms with van der Waals surface area (Å²) in [7, 11) is -3.13. The Labute approximate surface area is 166 Å². The molecule has 0 spiro atoms. The van der Waals surface area contributed by atoms with Gasteiger partial charge in [-0.15, -0.1) is 0 Å². The van der Waals surface area contributed by atoms with Gasteiger partial charge in [0.1, 0.15) is 23.2 Å². The molecule has 2 aromatic rings. The number of nitrogens with zero attached hydrogens (tertiary/aromatic N) is 1. The molecule has 0 saturated carbocycles. The smallest absolute Gasteiger partial charge is 0.262 e. The van der Waals surface area contributed by atoms with Crippen molar-refractivity contribution < 1.29 is 17.6 Å². The lowest BCUT2D eigenvalue weighted by molar-refractivity contribution is -0.117. The molecule has 1 fully saturated rings. The van der Waals surface area contributed by atoms with Gasteiger partial charge in [-0.05, 0) is 36.8 Å². The van der Waals surface area contributed by atoms with Gasteiger partial charge in [0.05, 0.1) is 16.5 Å². The van der Waals surface area contributed by atoms with Gasteiger partial charge in [-0.1, -0.05) is 23.2 Å². The number of carbonyl (C=O) groups excluding carboxylic acids is 1. The topological polar surface area (TPSA) is 100 Å². The van der Waals surface area contributed by atoms with Crippen molar-refractivity contribution >= 4 is 45.0 Å². The summed E-state index contributed by atoms with van der Waals surface area (Å²) < 4.78 is 28.6. The molecule has 1 amide bonds. The summed E-state index contributed by atoms with van der Waals surface area (Å²) in [4.78, 5) is 12.2. The minimum Gasteiger partial charge on any atom is -0.457 e. The second kappa shape index (κ2) is 7.77. The van der Waals surface area contributed by atoms with E-state index in [9.17, 15) is 18.5 Å². The number of nitrogens with one attached hydrogen (secondary N) is 1. The zero-order valence-corrected chi connectivity index (χ0v) is 16.2. The average molecular weight is 425 g/mol. The molecule has 27 heavy (non-hydrogen) atoms. The number of hydrogen-bond donors (Lipinski definition) is 1. The molecule has 1 atom stereocenters. The number of rotatable bonds is 4. The fraction of sp³-hybridized carbons (Fsp3) is 0.222. The highest BCUT2D eigenvalue weighted by molar-refractivity contribution is 7.91. The van der Waals surface area contributed by atoms with Crippen LogP contribution in [0.5, 0.6) is 0 Å².